The molecule has 1 saturated heterocycles. The highest BCUT2D eigenvalue weighted by molar-refractivity contribution is 5.91. The zero-order valence-corrected chi connectivity index (χ0v) is 21.0. The van der Waals surface area contributed by atoms with E-state index in [4.69, 9.17) is 0 Å². The van der Waals surface area contributed by atoms with Crippen molar-refractivity contribution in [1.29, 1.82) is 0 Å². The molecule has 38 heavy (non-hydrogen) atoms. The van der Waals surface area contributed by atoms with Crippen LogP contribution in [-0.4, -0.2) is 52.2 Å². The zero-order chi connectivity index (χ0) is 26.7. The van der Waals surface area contributed by atoms with Crippen LogP contribution < -0.4 is 10.6 Å². The second-order valence-electron chi connectivity index (χ2n) is 9.70. The van der Waals surface area contributed by atoms with Crippen molar-refractivity contribution < 1.29 is 18.0 Å². The summed E-state index contributed by atoms with van der Waals surface area (Å²) in [4.78, 5) is 19.1. The minimum absolute atomic E-state index is 0.118. The van der Waals surface area contributed by atoms with Crippen molar-refractivity contribution in [2.24, 2.45) is 0 Å². The number of H-pyrrole nitrogens is 1. The molecule has 1 atom stereocenters. The number of alkyl halides is 3. The summed E-state index contributed by atoms with van der Waals surface area (Å²) in [5, 5.41) is 13.6. The second kappa shape index (κ2) is 10.9. The molecule has 0 saturated carbocycles. The third-order valence-corrected chi connectivity index (χ3v) is 6.90. The van der Waals surface area contributed by atoms with Gasteiger partial charge in [-0.3, -0.25) is 14.8 Å². The highest BCUT2D eigenvalue weighted by Gasteiger charge is 2.34. The summed E-state index contributed by atoms with van der Waals surface area (Å²) >= 11 is 0. The van der Waals surface area contributed by atoms with Crippen LogP contribution in [0.1, 0.15) is 36.0 Å². The lowest BCUT2D eigenvalue weighted by Crippen LogP contribution is -2.43. The molecule has 1 aliphatic heterocycles. The molecular weight excluding hydrogens is 493 g/mol. The number of halogens is 3. The van der Waals surface area contributed by atoms with Gasteiger partial charge >= 0.3 is 6.18 Å². The van der Waals surface area contributed by atoms with Crippen LogP contribution in [0.15, 0.2) is 60.9 Å². The number of amides is 1. The van der Waals surface area contributed by atoms with E-state index in [1.54, 1.807) is 18.5 Å². The van der Waals surface area contributed by atoms with Crippen LogP contribution in [0, 0.1) is 0 Å². The minimum Gasteiger partial charge on any atom is -0.326 e. The Morgan fingerprint density at radius 3 is 2.55 bits per heavy atom. The molecule has 10 heteroatoms. The molecule has 1 aliphatic rings. The van der Waals surface area contributed by atoms with E-state index < -0.39 is 11.7 Å². The fraction of sp³-hybridized carbons (Fsp3) is 0.321. The molecule has 198 valence electrons. The molecule has 5 rings (SSSR count). The SMILES string of the molecule is C[C@@H](CC(=O)Nc1ccc(CN2CCNCC2)c(C(F)(F)F)c1)c1ccc(-c2cnc3[nH]ncc3c2)cc1. The van der Waals surface area contributed by atoms with Crippen molar-refractivity contribution in [3.63, 3.8) is 0 Å². The Morgan fingerprint density at radius 1 is 1.05 bits per heavy atom. The molecule has 0 spiro atoms. The van der Waals surface area contributed by atoms with Crippen molar-refractivity contribution in [3.8, 4) is 11.1 Å². The van der Waals surface area contributed by atoms with Gasteiger partial charge in [0.1, 0.15) is 0 Å². The number of anilines is 1. The normalized spacial score (nSPS) is 15.5. The summed E-state index contributed by atoms with van der Waals surface area (Å²) in [5.41, 5.74) is 3.29. The number of nitrogens with zero attached hydrogens (tertiary/aromatic N) is 3. The molecule has 3 N–H and O–H groups in total. The van der Waals surface area contributed by atoms with Crippen molar-refractivity contribution in [1.82, 2.24) is 25.4 Å². The van der Waals surface area contributed by atoms with Crippen LogP contribution in [0.4, 0.5) is 18.9 Å². The number of hydrogen-bond donors (Lipinski definition) is 3. The van der Waals surface area contributed by atoms with Crippen LogP contribution in [0.3, 0.4) is 0 Å². The third kappa shape index (κ3) is 6.03. The summed E-state index contributed by atoms with van der Waals surface area (Å²) in [6.45, 7) is 5.06. The van der Waals surface area contributed by atoms with Gasteiger partial charge in [0.15, 0.2) is 5.65 Å². The Morgan fingerprint density at radius 2 is 1.82 bits per heavy atom. The maximum Gasteiger partial charge on any atom is 0.416 e. The number of nitrogens with one attached hydrogen (secondary N) is 3. The molecule has 0 bridgehead atoms. The standard InChI is InChI=1S/C28H29F3N6O/c1-18(19-2-4-20(5-3-19)22-13-23-16-34-36-27(23)33-15-22)12-26(38)35-24-7-6-21(25(14-24)28(29,30)31)17-37-10-8-32-9-11-37/h2-7,13-16,18,32H,8-12,17H2,1H3,(H,35,38)(H,33,34,36)/t18-/m0/s1. The number of pyridine rings is 1. The molecule has 0 unspecified atom stereocenters. The second-order valence-corrected chi connectivity index (χ2v) is 9.70. The number of rotatable bonds is 7. The van der Waals surface area contributed by atoms with Gasteiger partial charge in [0.2, 0.25) is 5.91 Å². The van der Waals surface area contributed by atoms with Crippen molar-refractivity contribution in [2.75, 3.05) is 31.5 Å². The number of carbonyl (C=O) groups is 1. The first-order chi connectivity index (χ1) is 18.3. The lowest BCUT2D eigenvalue weighted by atomic mass is 9.95. The van der Waals surface area contributed by atoms with Crippen LogP contribution in [0.25, 0.3) is 22.2 Å². The van der Waals surface area contributed by atoms with Gasteiger partial charge in [0.05, 0.1) is 11.8 Å². The average molecular weight is 523 g/mol. The van der Waals surface area contributed by atoms with Crippen LogP contribution >= 0.6 is 0 Å². The Kier molecular flexibility index (Phi) is 7.44. The fourth-order valence-corrected chi connectivity index (χ4v) is 4.77. The van der Waals surface area contributed by atoms with Crippen LogP contribution in [0.2, 0.25) is 0 Å². The Balaban J connectivity index is 1.23. The number of hydrogen-bond acceptors (Lipinski definition) is 5. The van der Waals surface area contributed by atoms with E-state index >= 15 is 0 Å². The average Bonchev–Trinajstić information content (AvgIpc) is 3.38. The lowest BCUT2D eigenvalue weighted by molar-refractivity contribution is -0.138. The lowest BCUT2D eigenvalue weighted by Gasteiger charge is -2.28. The summed E-state index contributed by atoms with van der Waals surface area (Å²) in [5.74, 6) is -0.452. The fourth-order valence-electron chi connectivity index (χ4n) is 4.77. The molecule has 0 aliphatic carbocycles. The number of fused-ring (bicyclic) bond motifs is 1. The Bertz CT molecular complexity index is 1410. The van der Waals surface area contributed by atoms with Gasteiger partial charge in [-0.1, -0.05) is 37.3 Å². The molecule has 1 amide bonds. The maximum absolute atomic E-state index is 13.8. The van der Waals surface area contributed by atoms with Gasteiger partial charge in [-0.2, -0.15) is 18.3 Å². The Labute approximate surface area is 218 Å². The number of benzene rings is 2. The zero-order valence-electron chi connectivity index (χ0n) is 21.0. The molecule has 3 heterocycles. The van der Waals surface area contributed by atoms with E-state index in [0.29, 0.717) is 13.1 Å². The highest BCUT2D eigenvalue weighted by atomic mass is 19.4. The molecule has 4 aromatic rings. The van der Waals surface area contributed by atoms with Crippen LogP contribution in [-0.2, 0) is 17.5 Å². The van der Waals surface area contributed by atoms with Gasteiger partial charge in [-0.25, -0.2) is 4.98 Å². The van der Waals surface area contributed by atoms with E-state index in [1.807, 2.05) is 42.2 Å². The number of aromatic nitrogens is 3. The van der Waals surface area contributed by atoms with E-state index in [2.05, 4.69) is 25.8 Å². The van der Waals surface area contributed by atoms with E-state index in [1.165, 1.54) is 6.07 Å². The number of carbonyl (C=O) groups excluding carboxylic acids is 1. The molecule has 7 nitrogen and oxygen atoms in total. The van der Waals surface area contributed by atoms with E-state index in [9.17, 15) is 18.0 Å². The molecule has 0 radical (unpaired) electrons. The highest BCUT2D eigenvalue weighted by Crippen LogP contribution is 2.35. The molecular formula is C28H29F3N6O. The van der Waals surface area contributed by atoms with Gasteiger partial charge < -0.3 is 10.6 Å². The smallest absolute Gasteiger partial charge is 0.326 e. The maximum atomic E-state index is 13.8. The number of aromatic amines is 1. The molecule has 2 aromatic heterocycles. The first-order valence-corrected chi connectivity index (χ1v) is 12.6. The van der Waals surface area contributed by atoms with Crippen LogP contribution in [0.5, 0.6) is 0 Å². The molecule has 1 fully saturated rings. The number of piperazine rings is 1. The van der Waals surface area contributed by atoms with Gasteiger partial charge in [0.25, 0.3) is 0 Å². The van der Waals surface area contributed by atoms with Gasteiger partial charge in [-0.05, 0) is 40.8 Å². The molecule has 2 aromatic carbocycles. The van der Waals surface area contributed by atoms with Crippen molar-refractivity contribution in [3.05, 3.63) is 77.6 Å². The summed E-state index contributed by atoms with van der Waals surface area (Å²) < 4.78 is 41.4. The minimum atomic E-state index is -4.50. The largest absolute Gasteiger partial charge is 0.416 e. The quantitative estimate of drug-likeness (QED) is 0.311. The third-order valence-electron chi connectivity index (χ3n) is 6.90. The van der Waals surface area contributed by atoms with E-state index in [-0.39, 0.29) is 36.0 Å². The Hall–Kier alpha value is -3.76. The summed E-state index contributed by atoms with van der Waals surface area (Å²) in [7, 11) is 0. The van der Waals surface area contributed by atoms with Crippen molar-refractivity contribution >= 4 is 22.6 Å². The van der Waals surface area contributed by atoms with Gasteiger partial charge in [0, 0.05) is 62.0 Å². The topological polar surface area (TPSA) is 85.9 Å². The summed E-state index contributed by atoms with van der Waals surface area (Å²) in [6.07, 6.45) is -0.863. The first kappa shape index (κ1) is 25.9. The predicted octanol–water partition coefficient (Wildman–Crippen LogP) is 5.18. The van der Waals surface area contributed by atoms with Crippen molar-refractivity contribution in [2.45, 2.75) is 32.0 Å². The predicted molar refractivity (Wildman–Crippen MR) is 141 cm³/mol. The monoisotopic (exact) mass is 522 g/mol. The summed E-state index contributed by atoms with van der Waals surface area (Å²) in [6, 6.07) is 13.9. The first-order valence-electron chi connectivity index (χ1n) is 12.6. The van der Waals surface area contributed by atoms with Gasteiger partial charge in [-0.15, -0.1) is 0 Å². The van der Waals surface area contributed by atoms with E-state index in [0.717, 1.165) is 46.9 Å².